The number of allylic oxidation sites excluding steroid dienone is 1. The lowest BCUT2D eigenvalue weighted by Gasteiger charge is -2.20. The van der Waals surface area contributed by atoms with E-state index in [9.17, 15) is 4.79 Å². The van der Waals surface area contributed by atoms with Crippen LogP contribution in [0.25, 0.3) is 0 Å². The van der Waals surface area contributed by atoms with E-state index in [2.05, 4.69) is 10.2 Å². The molecule has 18 heavy (non-hydrogen) atoms. The summed E-state index contributed by atoms with van der Waals surface area (Å²) >= 11 is 0. The fraction of sp³-hybridized carbons (Fsp3) is 0.786. The number of amides is 2. The Balaban J connectivity index is 2.09. The van der Waals surface area contributed by atoms with Crippen LogP contribution in [0, 0.1) is 0 Å². The van der Waals surface area contributed by atoms with Crippen molar-refractivity contribution in [3.05, 3.63) is 11.6 Å². The molecular formula is C14H27N3O. The van der Waals surface area contributed by atoms with Crippen molar-refractivity contribution in [2.45, 2.75) is 33.1 Å². The maximum Gasteiger partial charge on any atom is 0.317 e. The zero-order valence-corrected chi connectivity index (χ0v) is 12.0. The molecule has 0 aromatic heterocycles. The van der Waals surface area contributed by atoms with Gasteiger partial charge in [0.1, 0.15) is 0 Å². The van der Waals surface area contributed by atoms with Gasteiger partial charge in [-0.2, -0.15) is 0 Å². The average Bonchev–Trinajstić information content (AvgIpc) is 2.81. The third-order valence-corrected chi connectivity index (χ3v) is 3.28. The van der Waals surface area contributed by atoms with Gasteiger partial charge in [0.05, 0.1) is 0 Å². The molecule has 0 atom stereocenters. The van der Waals surface area contributed by atoms with Gasteiger partial charge in [-0.3, -0.25) is 0 Å². The molecule has 4 nitrogen and oxygen atoms in total. The summed E-state index contributed by atoms with van der Waals surface area (Å²) in [5, 5.41) is 2.89. The van der Waals surface area contributed by atoms with Gasteiger partial charge >= 0.3 is 6.03 Å². The summed E-state index contributed by atoms with van der Waals surface area (Å²) < 4.78 is 0. The van der Waals surface area contributed by atoms with Gasteiger partial charge < -0.3 is 15.1 Å². The van der Waals surface area contributed by atoms with Crippen LogP contribution in [0.3, 0.4) is 0 Å². The maximum atomic E-state index is 11.7. The summed E-state index contributed by atoms with van der Waals surface area (Å²) in [5.74, 6) is 0. The van der Waals surface area contributed by atoms with Gasteiger partial charge in [-0.25, -0.2) is 4.79 Å². The molecule has 0 unspecified atom stereocenters. The third kappa shape index (κ3) is 6.05. The Morgan fingerprint density at radius 2 is 2.00 bits per heavy atom. The number of likely N-dealkylation sites (tertiary alicyclic amines) is 1. The van der Waals surface area contributed by atoms with Crippen LogP contribution < -0.4 is 5.32 Å². The topological polar surface area (TPSA) is 35.6 Å². The molecule has 4 heteroatoms. The van der Waals surface area contributed by atoms with E-state index in [-0.39, 0.29) is 6.03 Å². The first kappa shape index (κ1) is 15.0. The van der Waals surface area contributed by atoms with Crippen molar-refractivity contribution >= 4 is 6.03 Å². The van der Waals surface area contributed by atoms with E-state index in [1.165, 1.54) is 31.5 Å². The molecule has 2 amide bonds. The van der Waals surface area contributed by atoms with E-state index >= 15 is 0 Å². The molecule has 1 aliphatic rings. The van der Waals surface area contributed by atoms with Gasteiger partial charge in [0.15, 0.2) is 0 Å². The fourth-order valence-corrected chi connectivity index (χ4v) is 2.12. The first-order chi connectivity index (χ1) is 8.59. The van der Waals surface area contributed by atoms with Crippen LogP contribution in [0.2, 0.25) is 0 Å². The maximum absolute atomic E-state index is 11.7. The second kappa shape index (κ2) is 8.14. The average molecular weight is 253 g/mol. The summed E-state index contributed by atoms with van der Waals surface area (Å²) in [7, 11) is 1.86. The summed E-state index contributed by atoms with van der Waals surface area (Å²) in [6.45, 7) is 9.10. The van der Waals surface area contributed by atoms with Crippen LogP contribution in [-0.4, -0.2) is 55.6 Å². The molecule has 0 bridgehead atoms. The van der Waals surface area contributed by atoms with Gasteiger partial charge in [-0.1, -0.05) is 11.6 Å². The minimum Gasteiger partial charge on any atom is -0.335 e. The molecule has 0 aromatic rings. The number of urea groups is 1. The van der Waals surface area contributed by atoms with E-state index in [4.69, 9.17) is 0 Å². The lowest BCUT2D eigenvalue weighted by atomic mass is 10.3. The Morgan fingerprint density at radius 3 is 2.61 bits per heavy atom. The van der Waals surface area contributed by atoms with Crippen LogP contribution in [0.15, 0.2) is 11.6 Å². The van der Waals surface area contributed by atoms with E-state index in [0.717, 1.165) is 19.5 Å². The normalized spacial score (nSPS) is 15.5. The van der Waals surface area contributed by atoms with Crippen molar-refractivity contribution in [3.63, 3.8) is 0 Å². The Kier molecular flexibility index (Phi) is 6.80. The predicted molar refractivity (Wildman–Crippen MR) is 75.8 cm³/mol. The quantitative estimate of drug-likeness (QED) is 0.736. The molecular weight excluding hydrogens is 226 g/mol. The van der Waals surface area contributed by atoms with Gasteiger partial charge in [0.2, 0.25) is 0 Å². The third-order valence-electron chi connectivity index (χ3n) is 3.28. The molecule has 1 aliphatic heterocycles. The Hall–Kier alpha value is -1.03. The van der Waals surface area contributed by atoms with Crippen molar-refractivity contribution < 1.29 is 4.79 Å². The molecule has 104 valence electrons. The number of nitrogens with zero attached hydrogens (tertiary/aromatic N) is 2. The number of hydrogen-bond acceptors (Lipinski definition) is 2. The largest absolute Gasteiger partial charge is 0.335 e. The Labute approximate surface area is 111 Å². The molecule has 0 aromatic carbocycles. The Morgan fingerprint density at radius 1 is 1.33 bits per heavy atom. The zero-order valence-electron chi connectivity index (χ0n) is 12.0. The summed E-state index contributed by atoms with van der Waals surface area (Å²) in [6, 6.07) is 0.0221. The van der Waals surface area contributed by atoms with Crippen molar-refractivity contribution in [2.24, 2.45) is 0 Å². The molecule has 1 fully saturated rings. The second-order valence-corrected chi connectivity index (χ2v) is 5.29. The molecule has 1 heterocycles. The van der Waals surface area contributed by atoms with Crippen molar-refractivity contribution in [3.8, 4) is 0 Å². The monoisotopic (exact) mass is 253 g/mol. The first-order valence-corrected chi connectivity index (χ1v) is 6.94. The molecule has 1 N–H and O–H groups in total. The SMILES string of the molecule is CC(C)=CCNC(=O)N(C)CCCN1CCCC1. The second-order valence-electron chi connectivity index (χ2n) is 5.29. The molecule has 0 spiro atoms. The summed E-state index contributed by atoms with van der Waals surface area (Å²) in [5.41, 5.74) is 1.23. The highest BCUT2D eigenvalue weighted by molar-refractivity contribution is 5.73. The summed E-state index contributed by atoms with van der Waals surface area (Å²) in [4.78, 5) is 16.0. The van der Waals surface area contributed by atoms with Crippen LogP contribution in [0.4, 0.5) is 4.79 Å². The highest BCUT2D eigenvalue weighted by Gasteiger charge is 2.12. The standard InChI is InChI=1S/C14H27N3O/c1-13(2)7-8-15-14(18)16(3)9-6-12-17-10-4-5-11-17/h7H,4-6,8-12H2,1-3H3,(H,15,18). The lowest BCUT2D eigenvalue weighted by Crippen LogP contribution is -2.38. The van der Waals surface area contributed by atoms with Crippen LogP contribution in [0.1, 0.15) is 33.1 Å². The number of rotatable bonds is 6. The first-order valence-electron chi connectivity index (χ1n) is 6.94. The van der Waals surface area contributed by atoms with Crippen LogP contribution in [-0.2, 0) is 0 Å². The molecule has 0 radical (unpaired) electrons. The van der Waals surface area contributed by atoms with Gasteiger partial charge in [0.25, 0.3) is 0 Å². The fourth-order valence-electron chi connectivity index (χ4n) is 2.12. The van der Waals surface area contributed by atoms with E-state index < -0.39 is 0 Å². The minimum absolute atomic E-state index is 0.0221. The predicted octanol–water partition coefficient (Wildman–Crippen LogP) is 2.08. The highest BCUT2D eigenvalue weighted by atomic mass is 16.2. The van der Waals surface area contributed by atoms with Crippen molar-refractivity contribution in [1.29, 1.82) is 0 Å². The Bertz CT molecular complexity index is 279. The van der Waals surface area contributed by atoms with Gasteiger partial charge in [-0.15, -0.1) is 0 Å². The molecule has 1 saturated heterocycles. The van der Waals surface area contributed by atoms with E-state index in [1.54, 1.807) is 4.90 Å². The minimum atomic E-state index is 0.0221. The summed E-state index contributed by atoms with van der Waals surface area (Å²) in [6.07, 6.45) is 5.75. The smallest absolute Gasteiger partial charge is 0.317 e. The van der Waals surface area contributed by atoms with Gasteiger partial charge in [-0.05, 0) is 52.7 Å². The van der Waals surface area contributed by atoms with Crippen molar-refractivity contribution in [2.75, 3.05) is 39.8 Å². The number of hydrogen-bond donors (Lipinski definition) is 1. The number of carbonyl (C=O) groups is 1. The molecule has 0 aliphatic carbocycles. The number of nitrogens with one attached hydrogen (secondary N) is 1. The number of carbonyl (C=O) groups excluding carboxylic acids is 1. The zero-order chi connectivity index (χ0) is 13.4. The molecule has 0 saturated carbocycles. The van der Waals surface area contributed by atoms with E-state index in [1.807, 2.05) is 27.0 Å². The molecule has 1 rings (SSSR count). The van der Waals surface area contributed by atoms with E-state index in [0.29, 0.717) is 6.54 Å². The highest BCUT2D eigenvalue weighted by Crippen LogP contribution is 2.07. The van der Waals surface area contributed by atoms with Crippen molar-refractivity contribution in [1.82, 2.24) is 15.1 Å². The lowest BCUT2D eigenvalue weighted by molar-refractivity contribution is 0.206. The van der Waals surface area contributed by atoms with Crippen LogP contribution in [0.5, 0.6) is 0 Å². The van der Waals surface area contributed by atoms with Gasteiger partial charge in [0, 0.05) is 20.1 Å². The van der Waals surface area contributed by atoms with Crippen LogP contribution >= 0.6 is 0 Å².